The lowest BCUT2D eigenvalue weighted by atomic mass is 9.97. The Hall–Kier alpha value is -2.67. The number of esters is 1. The van der Waals surface area contributed by atoms with Crippen LogP contribution in [0.25, 0.3) is 0 Å². The summed E-state index contributed by atoms with van der Waals surface area (Å²) in [4.78, 5) is 34.8. The number of carboxylic acid groups (broad SMARTS) is 1. The fourth-order valence-corrected chi connectivity index (χ4v) is 2.91. The van der Waals surface area contributed by atoms with Crippen LogP contribution in [0.5, 0.6) is 5.75 Å². The van der Waals surface area contributed by atoms with Gasteiger partial charge in [0.15, 0.2) is 5.78 Å². The second kappa shape index (κ2) is 12.9. The summed E-state index contributed by atoms with van der Waals surface area (Å²) in [5.41, 5.74) is -1.22. The van der Waals surface area contributed by atoms with Crippen LogP contribution in [0.4, 0.5) is 0 Å². The van der Waals surface area contributed by atoms with Crippen LogP contribution in [0.2, 0.25) is 0 Å². The molecule has 7 heteroatoms. The minimum Gasteiger partial charge on any atom is -0.487 e. The summed E-state index contributed by atoms with van der Waals surface area (Å²) < 4.78 is 11.2. The molecule has 31 heavy (non-hydrogen) atoms. The number of aliphatic hydroxyl groups is 1. The van der Waals surface area contributed by atoms with Crippen molar-refractivity contribution in [1.82, 2.24) is 0 Å². The molecular weight excluding hydrogens is 400 g/mol. The van der Waals surface area contributed by atoms with Gasteiger partial charge in [0.1, 0.15) is 24.1 Å². The minimum absolute atomic E-state index is 0.0321. The first-order chi connectivity index (χ1) is 14.5. The molecule has 0 bridgehead atoms. The van der Waals surface area contributed by atoms with E-state index in [9.17, 15) is 19.5 Å². The molecule has 0 aliphatic carbocycles. The number of aliphatic carboxylic acids is 1. The molecule has 1 rings (SSSR count). The predicted octanol–water partition coefficient (Wildman–Crippen LogP) is 4.32. The first-order valence-corrected chi connectivity index (χ1v) is 10.6. The lowest BCUT2D eigenvalue weighted by Crippen LogP contribution is -2.31. The molecule has 0 saturated heterocycles. The average Bonchev–Trinajstić information content (AvgIpc) is 2.70. The third kappa shape index (κ3) is 10.3. The molecule has 7 nitrogen and oxygen atoms in total. The van der Waals surface area contributed by atoms with Gasteiger partial charge in [-0.1, -0.05) is 39.2 Å². The fraction of sp³-hybridized carbons (Fsp3) is 0.542. The number of carbonyl (C=O) groups is 3. The highest BCUT2D eigenvalue weighted by atomic mass is 16.6. The normalized spacial score (nSPS) is 12.1. The van der Waals surface area contributed by atoms with Gasteiger partial charge in [0.2, 0.25) is 0 Å². The molecule has 0 radical (unpaired) electrons. The number of carbonyl (C=O) groups excluding carboxylic acids is 2. The van der Waals surface area contributed by atoms with Crippen molar-refractivity contribution < 1.29 is 34.1 Å². The van der Waals surface area contributed by atoms with Crippen molar-refractivity contribution in [3.63, 3.8) is 0 Å². The van der Waals surface area contributed by atoms with E-state index in [-0.39, 0.29) is 12.2 Å². The molecular formula is C24H34O7. The van der Waals surface area contributed by atoms with E-state index >= 15 is 0 Å². The number of rotatable bonds is 15. The maximum absolute atomic E-state index is 12.1. The Morgan fingerprint density at radius 2 is 1.68 bits per heavy atom. The highest BCUT2D eigenvalue weighted by Crippen LogP contribution is 2.20. The Bertz CT molecular complexity index is 744. The van der Waals surface area contributed by atoms with E-state index < -0.39 is 35.8 Å². The van der Waals surface area contributed by atoms with Gasteiger partial charge in [0, 0.05) is 11.1 Å². The summed E-state index contributed by atoms with van der Waals surface area (Å²) in [6.45, 7) is 8.42. The van der Waals surface area contributed by atoms with Crippen molar-refractivity contribution >= 4 is 17.7 Å². The van der Waals surface area contributed by atoms with E-state index in [2.05, 4.69) is 13.5 Å². The minimum atomic E-state index is -1.46. The van der Waals surface area contributed by atoms with Crippen LogP contribution in [0, 0.1) is 0 Å². The number of hydrogen-bond acceptors (Lipinski definition) is 6. The maximum atomic E-state index is 12.1. The fourth-order valence-electron chi connectivity index (χ4n) is 2.91. The lowest BCUT2D eigenvalue weighted by Gasteiger charge is -2.20. The van der Waals surface area contributed by atoms with Crippen LogP contribution >= 0.6 is 0 Å². The summed E-state index contributed by atoms with van der Waals surface area (Å²) >= 11 is 0. The highest BCUT2D eigenvalue weighted by Gasteiger charge is 2.25. The van der Waals surface area contributed by atoms with Gasteiger partial charge in [0.05, 0.1) is 6.42 Å². The number of hydrogen-bond donors (Lipinski definition) is 2. The summed E-state index contributed by atoms with van der Waals surface area (Å²) in [6.07, 6.45) is 5.11. The van der Waals surface area contributed by atoms with Crippen molar-refractivity contribution in [1.29, 1.82) is 0 Å². The molecule has 1 unspecified atom stereocenters. The molecule has 0 heterocycles. The molecule has 0 spiro atoms. The van der Waals surface area contributed by atoms with Crippen molar-refractivity contribution in [3.8, 4) is 5.75 Å². The number of benzene rings is 1. The summed E-state index contributed by atoms with van der Waals surface area (Å²) in [5, 5.41) is 18.6. The lowest BCUT2D eigenvalue weighted by molar-refractivity contribution is -0.144. The number of ketones is 1. The smallest absolute Gasteiger partial charge is 0.334 e. The second-order valence-electron chi connectivity index (χ2n) is 8.13. The summed E-state index contributed by atoms with van der Waals surface area (Å²) in [7, 11) is 0. The Balaban J connectivity index is 2.74. The largest absolute Gasteiger partial charge is 0.487 e. The van der Waals surface area contributed by atoms with Gasteiger partial charge in [-0.2, -0.15) is 0 Å². The zero-order chi connectivity index (χ0) is 23.4. The monoisotopic (exact) mass is 434 g/mol. The number of ether oxygens (including phenoxy) is 2. The predicted molar refractivity (Wildman–Crippen MR) is 117 cm³/mol. The molecule has 0 aliphatic heterocycles. The van der Waals surface area contributed by atoms with E-state index in [1.165, 1.54) is 13.8 Å². The Labute approximate surface area is 184 Å². The third-order valence-electron chi connectivity index (χ3n) is 4.66. The number of carboxylic acids is 1. The van der Waals surface area contributed by atoms with Crippen molar-refractivity contribution in [2.45, 2.75) is 77.4 Å². The topological polar surface area (TPSA) is 110 Å². The molecule has 0 saturated carbocycles. The Morgan fingerprint density at radius 1 is 1.06 bits per heavy atom. The average molecular weight is 435 g/mol. The Morgan fingerprint density at radius 3 is 2.23 bits per heavy atom. The molecule has 1 aromatic carbocycles. The first kappa shape index (κ1) is 26.4. The van der Waals surface area contributed by atoms with Crippen LogP contribution in [0.15, 0.2) is 36.4 Å². The SMILES string of the molecule is C=C(CC(=O)O)C(=O)OCC(CCCCCCC)Oc1ccc(C(=O)C(C)(C)O)cc1. The van der Waals surface area contributed by atoms with E-state index in [1.807, 2.05) is 0 Å². The molecule has 172 valence electrons. The van der Waals surface area contributed by atoms with Gasteiger partial charge in [-0.05, 0) is 51.0 Å². The molecule has 0 aliphatic rings. The quantitative estimate of drug-likeness (QED) is 0.183. The molecule has 0 amide bonds. The molecule has 1 aromatic rings. The molecule has 0 fully saturated rings. The van der Waals surface area contributed by atoms with Gasteiger partial charge in [-0.15, -0.1) is 0 Å². The van der Waals surface area contributed by atoms with Gasteiger partial charge in [-0.3, -0.25) is 9.59 Å². The van der Waals surface area contributed by atoms with Crippen molar-refractivity contribution in [2.24, 2.45) is 0 Å². The van der Waals surface area contributed by atoms with E-state index in [0.717, 1.165) is 32.1 Å². The van der Waals surface area contributed by atoms with Crippen molar-refractivity contribution in [2.75, 3.05) is 6.61 Å². The van der Waals surface area contributed by atoms with Crippen molar-refractivity contribution in [3.05, 3.63) is 42.0 Å². The van der Waals surface area contributed by atoms with Gasteiger partial charge < -0.3 is 19.7 Å². The second-order valence-corrected chi connectivity index (χ2v) is 8.13. The maximum Gasteiger partial charge on any atom is 0.334 e. The van der Waals surface area contributed by atoms with Crippen LogP contribution in [0.1, 0.15) is 76.1 Å². The van der Waals surface area contributed by atoms with Crippen LogP contribution in [-0.4, -0.2) is 46.2 Å². The highest BCUT2D eigenvalue weighted by molar-refractivity contribution is 6.01. The standard InChI is InChI=1S/C24H34O7/c1-5-6-7-8-9-10-20(16-30-23(28)17(2)15-21(25)26)31-19-13-11-18(12-14-19)22(27)24(3,4)29/h11-14,20,29H,2,5-10,15-16H2,1,3-4H3,(H,25,26). The first-order valence-electron chi connectivity index (χ1n) is 10.6. The number of Topliss-reactive ketones (excluding diaryl/α,β-unsaturated/α-hetero) is 1. The van der Waals surface area contributed by atoms with Gasteiger partial charge in [0.25, 0.3) is 0 Å². The van der Waals surface area contributed by atoms with Gasteiger partial charge in [-0.25, -0.2) is 4.79 Å². The van der Waals surface area contributed by atoms with Crippen LogP contribution in [-0.2, 0) is 14.3 Å². The van der Waals surface area contributed by atoms with Crippen LogP contribution < -0.4 is 4.74 Å². The molecule has 1 atom stereocenters. The zero-order valence-corrected chi connectivity index (χ0v) is 18.7. The van der Waals surface area contributed by atoms with E-state index in [4.69, 9.17) is 14.6 Å². The van der Waals surface area contributed by atoms with Gasteiger partial charge >= 0.3 is 11.9 Å². The van der Waals surface area contributed by atoms with Crippen LogP contribution in [0.3, 0.4) is 0 Å². The molecule has 2 N–H and O–H groups in total. The third-order valence-corrected chi connectivity index (χ3v) is 4.66. The summed E-state index contributed by atoms with van der Waals surface area (Å²) in [6, 6.07) is 6.42. The molecule has 0 aromatic heterocycles. The van der Waals surface area contributed by atoms with E-state index in [0.29, 0.717) is 17.7 Å². The zero-order valence-electron chi connectivity index (χ0n) is 18.7. The Kier molecular flexibility index (Phi) is 11.0. The number of unbranched alkanes of at least 4 members (excludes halogenated alkanes) is 4. The summed E-state index contributed by atoms with van der Waals surface area (Å²) in [5.74, 6) is -1.79. The van der Waals surface area contributed by atoms with E-state index in [1.54, 1.807) is 24.3 Å².